The Labute approximate surface area is 121 Å². The van der Waals surface area contributed by atoms with Crippen LogP contribution in [0.15, 0.2) is 57.6 Å². The summed E-state index contributed by atoms with van der Waals surface area (Å²) in [4.78, 5) is 2.53. The van der Waals surface area contributed by atoms with Gasteiger partial charge in [-0.25, -0.2) is 0 Å². The summed E-state index contributed by atoms with van der Waals surface area (Å²) in [6.45, 7) is 2.13. The molecular weight excluding hydrogens is 272 g/mol. The fourth-order valence-electron chi connectivity index (χ4n) is 2.06. The monoisotopic (exact) mass is 286 g/mol. The summed E-state index contributed by atoms with van der Waals surface area (Å²) in [7, 11) is 1.73. The Kier molecular flexibility index (Phi) is 3.49. The van der Waals surface area contributed by atoms with E-state index >= 15 is 0 Å². The molecule has 0 bridgehead atoms. The zero-order valence-corrected chi connectivity index (χ0v) is 12.5. The van der Waals surface area contributed by atoms with Crippen LogP contribution < -0.4 is 4.74 Å². The number of aryl methyl sites for hydroxylation is 1. The first kappa shape index (κ1) is 12.6. The highest BCUT2D eigenvalue weighted by Gasteiger charge is 2.10. The van der Waals surface area contributed by atoms with Crippen LogP contribution in [0.25, 0.3) is 10.8 Å². The molecule has 0 aliphatic heterocycles. The smallest absolute Gasteiger partial charge is 0.133 e. The van der Waals surface area contributed by atoms with Gasteiger partial charge in [-0.3, -0.25) is 0 Å². The van der Waals surface area contributed by atoms with E-state index in [1.807, 2.05) is 17.4 Å². The van der Waals surface area contributed by atoms with Crippen molar-refractivity contribution in [1.29, 1.82) is 0 Å². The fourth-order valence-corrected chi connectivity index (χ4v) is 4.34. The molecule has 0 aliphatic rings. The molecule has 0 spiro atoms. The highest BCUT2D eigenvalue weighted by Crippen LogP contribution is 2.42. The number of methoxy groups -OCH3 is 1. The average molecular weight is 286 g/mol. The van der Waals surface area contributed by atoms with Gasteiger partial charge in [-0.05, 0) is 35.9 Å². The van der Waals surface area contributed by atoms with Crippen LogP contribution in [-0.4, -0.2) is 7.11 Å². The molecule has 3 heteroatoms. The second-order valence-corrected chi connectivity index (χ2v) is 6.88. The van der Waals surface area contributed by atoms with Crippen molar-refractivity contribution >= 4 is 33.9 Å². The molecule has 2 aromatic carbocycles. The zero-order valence-electron chi connectivity index (χ0n) is 10.8. The van der Waals surface area contributed by atoms with Crippen molar-refractivity contribution in [2.45, 2.75) is 16.0 Å². The molecule has 1 heterocycles. The molecule has 0 N–H and O–H groups in total. The molecular formula is C16H14OS2. The standard InChI is InChI=1S/C16H14OS2/c1-11-7-10-15(18-11)19-16-13-6-4-3-5-12(13)8-9-14(16)17-2/h3-10H,1-2H3. The SMILES string of the molecule is COc1ccc2ccccc2c1Sc1ccc(C)s1. The Morgan fingerprint density at radius 1 is 1.00 bits per heavy atom. The number of ether oxygens (including phenoxy) is 1. The summed E-state index contributed by atoms with van der Waals surface area (Å²) in [5, 5.41) is 2.50. The quantitative estimate of drug-likeness (QED) is 0.640. The third kappa shape index (κ3) is 2.48. The van der Waals surface area contributed by atoms with Gasteiger partial charge in [-0.15, -0.1) is 11.3 Å². The largest absolute Gasteiger partial charge is 0.496 e. The minimum atomic E-state index is 0.940. The van der Waals surface area contributed by atoms with Gasteiger partial charge >= 0.3 is 0 Å². The lowest BCUT2D eigenvalue weighted by molar-refractivity contribution is 0.406. The van der Waals surface area contributed by atoms with Gasteiger partial charge in [-0.2, -0.15) is 0 Å². The van der Waals surface area contributed by atoms with Crippen molar-refractivity contribution < 1.29 is 4.74 Å². The normalized spacial score (nSPS) is 10.8. The lowest BCUT2D eigenvalue weighted by Gasteiger charge is -2.10. The number of thiophene rings is 1. The summed E-state index contributed by atoms with van der Waals surface area (Å²) >= 11 is 3.60. The van der Waals surface area contributed by atoms with Crippen LogP contribution >= 0.6 is 23.1 Å². The molecule has 0 unspecified atom stereocenters. The first-order valence-corrected chi connectivity index (χ1v) is 7.71. The van der Waals surface area contributed by atoms with E-state index in [9.17, 15) is 0 Å². The second kappa shape index (κ2) is 5.27. The average Bonchev–Trinajstić information content (AvgIpc) is 2.85. The predicted molar refractivity (Wildman–Crippen MR) is 83.7 cm³/mol. The number of hydrogen-bond acceptors (Lipinski definition) is 3. The van der Waals surface area contributed by atoms with E-state index in [0.29, 0.717) is 0 Å². The maximum absolute atomic E-state index is 5.52. The Balaban J connectivity index is 2.14. The van der Waals surface area contributed by atoms with Gasteiger partial charge < -0.3 is 4.74 Å². The molecule has 96 valence electrons. The lowest BCUT2D eigenvalue weighted by atomic mass is 10.1. The van der Waals surface area contributed by atoms with Crippen LogP contribution in [0.3, 0.4) is 0 Å². The maximum Gasteiger partial charge on any atom is 0.133 e. The molecule has 0 aliphatic carbocycles. The van der Waals surface area contributed by atoms with Crippen molar-refractivity contribution in [3.05, 3.63) is 53.4 Å². The van der Waals surface area contributed by atoms with E-state index < -0.39 is 0 Å². The van der Waals surface area contributed by atoms with E-state index in [1.165, 1.54) is 24.8 Å². The van der Waals surface area contributed by atoms with Crippen LogP contribution in [0.2, 0.25) is 0 Å². The van der Waals surface area contributed by atoms with Gasteiger partial charge in [0.05, 0.1) is 16.2 Å². The van der Waals surface area contributed by atoms with Crippen LogP contribution in [0.1, 0.15) is 4.88 Å². The van der Waals surface area contributed by atoms with Crippen molar-refractivity contribution in [3.63, 3.8) is 0 Å². The Morgan fingerprint density at radius 3 is 2.58 bits per heavy atom. The van der Waals surface area contributed by atoms with Crippen molar-refractivity contribution in [2.75, 3.05) is 7.11 Å². The fraction of sp³-hybridized carbons (Fsp3) is 0.125. The third-order valence-electron chi connectivity index (χ3n) is 2.98. The number of rotatable bonds is 3. The molecule has 0 atom stereocenters. The van der Waals surface area contributed by atoms with Crippen LogP contribution in [0.4, 0.5) is 0 Å². The summed E-state index contributed by atoms with van der Waals surface area (Å²) in [5.74, 6) is 0.940. The lowest BCUT2D eigenvalue weighted by Crippen LogP contribution is -1.87. The number of fused-ring (bicyclic) bond motifs is 1. The third-order valence-corrected chi connectivity index (χ3v) is 5.24. The van der Waals surface area contributed by atoms with Crippen LogP contribution in [0.5, 0.6) is 5.75 Å². The van der Waals surface area contributed by atoms with Gasteiger partial charge in [0.1, 0.15) is 5.75 Å². The zero-order chi connectivity index (χ0) is 13.2. The van der Waals surface area contributed by atoms with Crippen LogP contribution in [-0.2, 0) is 0 Å². The molecule has 0 amide bonds. The van der Waals surface area contributed by atoms with E-state index in [0.717, 1.165) is 5.75 Å². The first-order chi connectivity index (χ1) is 9.28. The van der Waals surface area contributed by atoms with E-state index in [2.05, 4.69) is 49.4 Å². The number of benzene rings is 2. The summed E-state index contributed by atoms with van der Waals surface area (Å²) in [6, 6.07) is 16.9. The minimum Gasteiger partial charge on any atom is -0.496 e. The molecule has 0 radical (unpaired) electrons. The summed E-state index contributed by atoms with van der Waals surface area (Å²) < 4.78 is 6.81. The Hall–Kier alpha value is -1.45. The molecule has 1 nitrogen and oxygen atoms in total. The molecule has 19 heavy (non-hydrogen) atoms. The maximum atomic E-state index is 5.52. The van der Waals surface area contributed by atoms with Crippen molar-refractivity contribution in [2.24, 2.45) is 0 Å². The highest BCUT2D eigenvalue weighted by atomic mass is 32.2. The predicted octanol–water partition coefficient (Wildman–Crippen LogP) is 5.37. The molecule has 0 saturated heterocycles. The molecule has 3 aromatic rings. The van der Waals surface area contributed by atoms with Gasteiger partial charge in [0.2, 0.25) is 0 Å². The topological polar surface area (TPSA) is 9.23 Å². The Bertz CT molecular complexity index is 716. The molecule has 0 saturated carbocycles. The van der Waals surface area contributed by atoms with Gasteiger partial charge in [0.25, 0.3) is 0 Å². The van der Waals surface area contributed by atoms with E-state index in [4.69, 9.17) is 4.74 Å². The second-order valence-electron chi connectivity index (χ2n) is 4.29. The van der Waals surface area contributed by atoms with E-state index in [1.54, 1.807) is 18.9 Å². The summed E-state index contributed by atoms with van der Waals surface area (Å²) in [6.07, 6.45) is 0. The van der Waals surface area contributed by atoms with Gasteiger partial charge in [-0.1, -0.05) is 42.1 Å². The first-order valence-electron chi connectivity index (χ1n) is 6.08. The van der Waals surface area contributed by atoms with Crippen LogP contribution in [0, 0.1) is 6.92 Å². The van der Waals surface area contributed by atoms with E-state index in [-0.39, 0.29) is 0 Å². The van der Waals surface area contributed by atoms with Gasteiger partial charge in [0.15, 0.2) is 0 Å². The van der Waals surface area contributed by atoms with Crippen molar-refractivity contribution in [1.82, 2.24) is 0 Å². The highest BCUT2D eigenvalue weighted by molar-refractivity contribution is 8.01. The molecule has 0 fully saturated rings. The van der Waals surface area contributed by atoms with Gasteiger partial charge in [0, 0.05) is 4.88 Å². The summed E-state index contributed by atoms with van der Waals surface area (Å²) in [5.41, 5.74) is 0. The minimum absolute atomic E-state index is 0.940. The Morgan fingerprint density at radius 2 is 1.84 bits per heavy atom. The molecule has 3 rings (SSSR count). The van der Waals surface area contributed by atoms with Crippen molar-refractivity contribution in [3.8, 4) is 5.75 Å². The number of hydrogen-bond donors (Lipinski definition) is 0. The molecule has 1 aromatic heterocycles.